The Morgan fingerprint density at radius 1 is 1.26 bits per heavy atom. The van der Waals surface area contributed by atoms with Gasteiger partial charge >= 0.3 is 6.18 Å². The second kappa shape index (κ2) is 10.5. The largest absolute Gasteiger partial charge is 0.416 e. The minimum absolute atomic E-state index is 0.0644. The van der Waals surface area contributed by atoms with Crippen LogP contribution >= 0.6 is 23.4 Å². The van der Waals surface area contributed by atoms with E-state index in [1.165, 1.54) is 12.1 Å². The Balaban J connectivity index is 1.58. The van der Waals surface area contributed by atoms with Gasteiger partial charge in [0.25, 0.3) is 5.91 Å². The number of rotatable bonds is 5. The Bertz CT molecular complexity index is 1550. The molecule has 0 spiro atoms. The van der Waals surface area contributed by atoms with Crippen molar-refractivity contribution in [3.05, 3.63) is 69.2 Å². The molecule has 3 N–H and O–H groups in total. The maximum Gasteiger partial charge on any atom is 0.416 e. The molecule has 3 heterocycles. The van der Waals surface area contributed by atoms with Gasteiger partial charge in [-0.15, -0.1) is 0 Å². The van der Waals surface area contributed by atoms with Crippen LogP contribution in [0.2, 0.25) is 5.02 Å². The number of likely N-dealkylation sites (tertiary alicyclic amines) is 1. The number of carbonyl (C=O) groups is 2. The van der Waals surface area contributed by atoms with Crippen LogP contribution in [-0.2, 0) is 27.0 Å². The SMILES string of the molecule is NC(=O)C1CC([C]=O)CCN1C1=NC(=O)C(=C(Cc2ccc(Cl)cc2C(F)(F)F)c2ccc3[nH]ncc3c2)S1. The van der Waals surface area contributed by atoms with Gasteiger partial charge in [-0.25, -0.2) is 0 Å². The number of amides is 2. The van der Waals surface area contributed by atoms with Crippen LogP contribution in [0.3, 0.4) is 0 Å². The van der Waals surface area contributed by atoms with Crippen LogP contribution in [0.15, 0.2) is 52.5 Å². The van der Waals surface area contributed by atoms with Crippen molar-refractivity contribution in [1.82, 2.24) is 15.1 Å². The number of aromatic nitrogens is 2. The second-order valence-corrected chi connectivity index (χ2v) is 10.6. The zero-order valence-corrected chi connectivity index (χ0v) is 21.7. The Morgan fingerprint density at radius 2 is 2.05 bits per heavy atom. The summed E-state index contributed by atoms with van der Waals surface area (Å²) in [4.78, 5) is 42.4. The Labute approximate surface area is 229 Å². The topological polar surface area (TPSA) is 122 Å². The van der Waals surface area contributed by atoms with E-state index in [1.54, 1.807) is 29.3 Å². The molecule has 3 aromatic rings. The van der Waals surface area contributed by atoms with Crippen molar-refractivity contribution in [2.45, 2.75) is 31.5 Å². The molecule has 0 aliphatic carbocycles. The van der Waals surface area contributed by atoms with E-state index in [-0.39, 0.29) is 40.0 Å². The number of piperidine rings is 1. The summed E-state index contributed by atoms with van der Waals surface area (Å²) in [5, 5.41) is 7.65. The van der Waals surface area contributed by atoms with E-state index in [1.807, 2.05) is 6.29 Å². The van der Waals surface area contributed by atoms with Gasteiger partial charge in [0.05, 0.1) is 22.2 Å². The third-order valence-electron chi connectivity index (χ3n) is 6.74. The van der Waals surface area contributed by atoms with Crippen LogP contribution in [0, 0.1) is 5.92 Å². The fraction of sp³-hybridized carbons (Fsp3) is 0.269. The molecule has 39 heavy (non-hydrogen) atoms. The number of fused-ring (bicyclic) bond motifs is 1. The van der Waals surface area contributed by atoms with Gasteiger partial charge in [-0.1, -0.05) is 23.7 Å². The van der Waals surface area contributed by atoms with Gasteiger partial charge in [-0.2, -0.15) is 23.3 Å². The number of alkyl halides is 3. The molecule has 2 amide bonds. The average Bonchev–Trinajstić information content (AvgIpc) is 3.53. The molecule has 2 aliphatic heterocycles. The molecule has 1 saturated heterocycles. The van der Waals surface area contributed by atoms with Crippen LogP contribution < -0.4 is 5.73 Å². The number of allylic oxidation sites excluding steroid dienone is 1. The van der Waals surface area contributed by atoms with Crippen LogP contribution in [0.5, 0.6) is 0 Å². The van der Waals surface area contributed by atoms with Crippen molar-refractivity contribution in [2.24, 2.45) is 16.6 Å². The molecule has 0 saturated carbocycles. The lowest BCUT2D eigenvalue weighted by Gasteiger charge is -2.36. The first-order valence-electron chi connectivity index (χ1n) is 11.8. The van der Waals surface area contributed by atoms with Crippen molar-refractivity contribution < 1.29 is 27.6 Å². The molecule has 2 atom stereocenters. The number of nitrogens with one attached hydrogen (secondary N) is 1. The van der Waals surface area contributed by atoms with E-state index in [4.69, 9.17) is 17.3 Å². The summed E-state index contributed by atoms with van der Waals surface area (Å²) in [6, 6.07) is 7.78. The Kier molecular flexibility index (Phi) is 7.25. The highest BCUT2D eigenvalue weighted by atomic mass is 35.5. The lowest BCUT2D eigenvalue weighted by Crippen LogP contribution is -2.51. The number of amidine groups is 1. The van der Waals surface area contributed by atoms with Gasteiger partial charge in [0.2, 0.25) is 12.2 Å². The summed E-state index contributed by atoms with van der Waals surface area (Å²) in [6.07, 6.45) is -0.915. The van der Waals surface area contributed by atoms with Gasteiger partial charge in [0.15, 0.2) is 5.17 Å². The number of H-pyrrole nitrogens is 1. The highest BCUT2D eigenvalue weighted by Gasteiger charge is 2.39. The molecule has 2 aliphatic rings. The Morgan fingerprint density at radius 3 is 2.77 bits per heavy atom. The zero-order valence-electron chi connectivity index (χ0n) is 20.1. The lowest BCUT2D eigenvalue weighted by molar-refractivity contribution is -0.138. The molecular weight excluding hydrogens is 555 g/mol. The van der Waals surface area contributed by atoms with E-state index in [0.29, 0.717) is 28.5 Å². The third-order valence-corrected chi connectivity index (χ3v) is 8.10. The Hall–Kier alpha value is -3.64. The number of aromatic amines is 1. The number of carbonyl (C=O) groups excluding carboxylic acids is 3. The predicted octanol–water partition coefficient (Wildman–Crippen LogP) is 4.49. The van der Waals surface area contributed by atoms with E-state index < -0.39 is 35.5 Å². The summed E-state index contributed by atoms with van der Waals surface area (Å²) in [5.41, 5.74) is 6.16. The van der Waals surface area contributed by atoms with Gasteiger partial charge in [-0.3, -0.25) is 19.5 Å². The van der Waals surface area contributed by atoms with Crippen LogP contribution in [0.1, 0.15) is 29.5 Å². The van der Waals surface area contributed by atoms with Crippen LogP contribution in [0.4, 0.5) is 13.2 Å². The van der Waals surface area contributed by atoms with Gasteiger partial charge in [0, 0.05) is 22.9 Å². The summed E-state index contributed by atoms with van der Waals surface area (Å²) in [7, 11) is 0. The number of aliphatic imine (C=N–C) groups is 1. The van der Waals surface area contributed by atoms with Crippen molar-refractivity contribution in [1.29, 1.82) is 0 Å². The second-order valence-electron chi connectivity index (χ2n) is 9.21. The minimum atomic E-state index is -4.67. The summed E-state index contributed by atoms with van der Waals surface area (Å²) >= 11 is 6.85. The van der Waals surface area contributed by atoms with E-state index in [2.05, 4.69) is 15.2 Å². The molecule has 5 rings (SSSR count). The maximum atomic E-state index is 13.9. The molecule has 1 radical (unpaired) electrons. The standard InChI is InChI=1S/C26H20ClF3N5O3S/c27-17-3-1-15(19(10-17)26(28,29)30)9-18(14-2-4-20-16(8-14)11-32-34-20)22-24(38)33-25(39-22)35-6-5-13(12-36)7-21(35)23(31)37/h1-4,8,10-11,13,21H,5-7,9H2,(H2,31,37)(H,32,34). The maximum absolute atomic E-state index is 13.9. The molecule has 2 aromatic carbocycles. The molecular formula is C26H20ClF3N5O3S. The number of hydrogen-bond donors (Lipinski definition) is 2. The number of hydrogen-bond acceptors (Lipinski definition) is 6. The van der Waals surface area contributed by atoms with E-state index >= 15 is 0 Å². The summed E-state index contributed by atoms with van der Waals surface area (Å²) < 4.78 is 41.8. The lowest BCUT2D eigenvalue weighted by atomic mass is 9.92. The third kappa shape index (κ3) is 5.44. The fourth-order valence-electron chi connectivity index (χ4n) is 4.78. The summed E-state index contributed by atoms with van der Waals surface area (Å²) in [5.74, 6) is -1.80. The van der Waals surface area contributed by atoms with E-state index in [9.17, 15) is 27.6 Å². The molecule has 2 unspecified atom stereocenters. The molecule has 13 heteroatoms. The molecule has 201 valence electrons. The van der Waals surface area contributed by atoms with Crippen molar-refractivity contribution >= 4 is 63.1 Å². The highest BCUT2D eigenvalue weighted by molar-refractivity contribution is 8.18. The monoisotopic (exact) mass is 574 g/mol. The smallest absolute Gasteiger partial charge is 0.368 e. The van der Waals surface area contributed by atoms with Crippen molar-refractivity contribution in [3.63, 3.8) is 0 Å². The predicted molar refractivity (Wildman–Crippen MR) is 141 cm³/mol. The van der Waals surface area contributed by atoms with Crippen molar-refractivity contribution in [3.8, 4) is 0 Å². The summed E-state index contributed by atoms with van der Waals surface area (Å²) in [6.45, 7) is 0.242. The number of primary amides is 1. The molecule has 1 fully saturated rings. The first kappa shape index (κ1) is 26.9. The zero-order chi connectivity index (χ0) is 27.9. The molecule has 0 bridgehead atoms. The van der Waals surface area contributed by atoms with Crippen molar-refractivity contribution in [2.75, 3.05) is 6.54 Å². The normalized spacial score (nSPS) is 21.3. The van der Waals surface area contributed by atoms with Crippen LogP contribution in [0.25, 0.3) is 16.5 Å². The first-order chi connectivity index (χ1) is 18.5. The number of nitrogens with zero attached hydrogens (tertiary/aromatic N) is 3. The number of thioether (sulfide) groups is 1. The number of benzene rings is 2. The van der Waals surface area contributed by atoms with E-state index in [0.717, 1.165) is 17.8 Å². The fourth-order valence-corrected chi connectivity index (χ4v) is 6.05. The first-order valence-corrected chi connectivity index (χ1v) is 13.0. The molecule has 8 nitrogen and oxygen atoms in total. The highest BCUT2D eigenvalue weighted by Crippen LogP contribution is 2.41. The van der Waals surface area contributed by atoms with Gasteiger partial charge in [0.1, 0.15) is 6.04 Å². The van der Waals surface area contributed by atoms with Crippen LogP contribution in [-0.4, -0.2) is 51.0 Å². The number of nitrogens with two attached hydrogens (primary N) is 1. The average molecular weight is 575 g/mol. The van der Waals surface area contributed by atoms with Gasteiger partial charge in [-0.05, 0) is 72.0 Å². The molecule has 1 aromatic heterocycles. The minimum Gasteiger partial charge on any atom is -0.368 e. The quantitative estimate of drug-likeness (QED) is 0.433. The number of halogens is 4. The van der Waals surface area contributed by atoms with Gasteiger partial charge < -0.3 is 10.6 Å².